The first-order valence-corrected chi connectivity index (χ1v) is 6.15. The molecule has 1 rings (SSSR count). The van der Waals surface area contributed by atoms with Crippen LogP contribution in [0.2, 0.25) is 0 Å². The SMILES string of the molecule is CCNC(C#N)CCOCC1CCOCC1. The minimum absolute atomic E-state index is 0.0697. The maximum Gasteiger partial charge on any atom is 0.0974 e. The van der Waals surface area contributed by atoms with Gasteiger partial charge in [0.1, 0.15) is 0 Å². The summed E-state index contributed by atoms with van der Waals surface area (Å²) in [5.41, 5.74) is 0. The van der Waals surface area contributed by atoms with Gasteiger partial charge in [-0.3, -0.25) is 0 Å². The van der Waals surface area contributed by atoms with E-state index in [2.05, 4.69) is 11.4 Å². The lowest BCUT2D eigenvalue weighted by atomic mass is 10.0. The van der Waals surface area contributed by atoms with Gasteiger partial charge in [0.05, 0.1) is 12.1 Å². The van der Waals surface area contributed by atoms with Crippen LogP contribution in [0.3, 0.4) is 0 Å². The van der Waals surface area contributed by atoms with Crippen LogP contribution in [0.25, 0.3) is 0 Å². The molecule has 1 fully saturated rings. The Morgan fingerprint density at radius 2 is 2.25 bits per heavy atom. The van der Waals surface area contributed by atoms with E-state index in [0.717, 1.165) is 45.6 Å². The van der Waals surface area contributed by atoms with Crippen molar-refractivity contribution >= 4 is 0 Å². The Kier molecular flexibility index (Phi) is 7.15. The third-order valence-corrected chi connectivity index (χ3v) is 2.85. The van der Waals surface area contributed by atoms with Gasteiger partial charge in [-0.05, 0) is 31.7 Å². The zero-order valence-electron chi connectivity index (χ0n) is 10.1. The molecule has 0 amide bonds. The quantitative estimate of drug-likeness (QED) is 0.665. The highest BCUT2D eigenvalue weighted by molar-refractivity contribution is 4.88. The van der Waals surface area contributed by atoms with Crippen molar-refractivity contribution in [3.05, 3.63) is 0 Å². The summed E-state index contributed by atoms with van der Waals surface area (Å²) in [7, 11) is 0. The van der Waals surface area contributed by atoms with Gasteiger partial charge in [-0.15, -0.1) is 0 Å². The van der Waals surface area contributed by atoms with Crippen LogP contribution in [-0.2, 0) is 9.47 Å². The van der Waals surface area contributed by atoms with Gasteiger partial charge in [0.25, 0.3) is 0 Å². The van der Waals surface area contributed by atoms with E-state index in [1.165, 1.54) is 0 Å². The number of nitriles is 1. The van der Waals surface area contributed by atoms with Crippen molar-refractivity contribution in [2.45, 2.75) is 32.2 Å². The Bertz CT molecular complexity index is 210. The molecular weight excluding hydrogens is 204 g/mol. The average Bonchev–Trinajstić information content (AvgIpc) is 2.34. The molecule has 1 aliphatic rings. The standard InChI is InChI=1S/C12H22N2O2/c1-2-14-12(9-13)5-8-16-10-11-3-6-15-7-4-11/h11-12,14H,2-8,10H2,1H3. The zero-order chi connectivity index (χ0) is 11.6. The fraction of sp³-hybridized carbons (Fsp3) is 0.917. The molecule has 0 spiro atoms. The molecule has 1 heterocycles. The third-order valence-electron chi connectivity index (χ3n) is 2.85. The van der Waals surface area contributed by atoms with Crippen molar-refractivity contribution in [1.82, 2.24) is 5.32 Å². The second-order valence-electron chi connectivity index (χ2n) is 4.16. The maximum atomic E-state index is 8.82. The third kappa shape index (κ3) is 5.45. The van der Waals surface area contributed by atoms with Crippen LogP contribution >= 0.6 is 0 Å². The topological polar surface area (TPSA) is 54.3 Å². The summed E-state index contributed by atoms with van der Waals surface area (Å²) in [5.74, 6) is 0.647. The lowest BCUT2D eigenvalue weighted by Gasteiger charge is -2.22. The molecule has 1 aliphatic heterocycles. The van der Waals surface area contributed by atoms with Crippen LogP contribution in [0.4, 0.5) is 0 Å². The monoisotopic (exact) mass is 226 g/mol. The molecule has 4 nitrogen and oxygen atoms in total. The van der Waals surface area contributed by atoms with Gasteiger partial charge in [-0.25, -0.2) is 0 Å². The highest BCUT2D eigenvalue weighted by Gasteiger charge is 2.14. The van der Waals surface area contributed by atoms with Crippen molar-refractivity contribution < 1.29 is 9.47 Å². The minimum atomic E-state index is -0.0697. The van der Waals surface area contributed by atoms with Crippen LogP contribution in [-0.4, -0.2) is 39.0 Å². The molecule has 16 heavy (non-hydrogen) atoms. The summed E-state index contributed by atoms with van der Waals surface area (Å²) in [5, 5.41) is 11.9. The lowest BCUT2D eigenvalue weighted by molar-refractivity contribution is 0.0194. The van der Waals surface area contributed by atoms with Crippen molar-refractivity contribution in [2.75, 3.05) is 33.0 Å². The van der Waals surface area contributed by atoms with Gasteiger partial charge in [0.15, 0.2) is 0 Å². The van der Waals surface area contributed by atoms with Crippen molar-refractivity contribution in [2.24, 2.45) is 5.92 Å². The predicted octanol–water partition coefficient (Wildman–Crippen LogP) is 1.32. The highest BCUT2D eigenvalue weighted by atomic mass is 16.5. The maximum absolute atomic E-state index is 8.82. The number of nitrogens with zero attached hydrogens (tertiary/aromatic N) is 1. The first-order valence-electron chi connectivity index (χ1n) is 6.15. The smallest absolute Gasteiger partial charge is 0.0974 e. The Hall–Kier alpha value is -0.630. The molecule has 4 heteroatoms. The molecule has 0 aromatic rings. The van der Waals surface area contributed by atoms with Crippen LogP contribution in [0.15, 0.2) is 0 Å². The van der Waals surface area contributed by atoms with Gasteiger partial charge in [-0.2, -0.15) is 5.26 Å². The number of hydrogen-bond donors (Lipinski definition) is 1. The highest BCUT2D eigenvalue weighted by Crippen LogP contribution is 2.14. The van der Waals surface area contributed by atoms with E-state index >= 15 is 0 Å². The fourth-order valence-electron chi connectivity index (χ4n) is 1.82. The first kappa shape index (κ1) is 13.4. The fourth-order valence-corrected chi connectivity index (χ4v) is 1.82. The summed E-state index contributed by atoms with van der Waals surface area (Å²) in [6.45, 7) is 6.06. The van der Waals surface area contributed by atoms with Gasteiger partial charge in [-0.1, -0.05) is 6.92 Å². The molecule has 1 saturated heterocycles. The van der Waals surface area contributed by atoms with Crippen LogP contribution in [0, 0.1) is 17.2 Å². The zero-order valence-corrected chi connectivity index (χ0v) is 10.1. The summed E-state index contributed by atoms with van der Waals surface area (Å²) in [6.07, 6.45) is 2.98. The van der Waals surface area contributed by atoms with Crippen LogP contribution in [0.1, 0.15) is 26.2 Å². The van der Waals surface area contributed by atoms with Gasteiger partial charge in [0.2, 0.25) is 0 Å². The number of nitrogens with one attached hydrogen (secondary N) is 1. The largest absolute Gasteiger partial charge is 0.381 e. The molecule has 0 radical (unpaired) electrons. The predicted molar refractivity (Wildman–Crippen MR) is 62.1 cm³/mol. The molecule has 0 aromatic carbocycles. The molecule has 1 N–H and O–H groups in total. The Labute approximate surface area is 97.9 Å². The summed E-state index contributed by atoms with van der Waals surface area (Å²) in [4.78, 5) is 0. The van der Waals surface area contributed by atoms with E-state index in [-0.39, 0.29) is 6.04 Å². The molecule has 1 unspecified atom stereocenters. The molecule has 0 bridgehead atoms. The van der Waals surface area contributed by atoms with E-state index in [0.29, 0.717) is 12.5 Å². The Morgan fingerprint density at radius 3 is 2.88 bits per heavy atom. The molecular formula is C12H22N2O2. The summed E-state index contributed by atoms with van der Waals surface area (Å²) >= 11 is 0. The molecule has 0 aliphatic carbocycles. The average molecular weight is 226 g/mol. The minimum Gasteiger partial charge on any atom is -0.381 e. The second kappa shape index (κ2) is 8.51. The number of rotatable bonds is 7. The van der Waals surface area contributed by atoms with Gasteiger partial charge < -0.3 is 14.8 Å². The van der Waals surface area contributed by atoms with Crippen LogP contribution < -0.4 is 5.32 Å². The van der Waals surface area contributed by atoms with Gasteiger partial charge in [0, 0.05) is 26.4 Å². The van der Waals surface area contributed by atoms with Crippen LogP contribution in [0.5, 0.6) is 0 Å². The molecule has 0 saturated carbocycles. The van der Waals surface area contributed by atoms with E-state index in [1.807, 2.05) is 6.92 Å². The summed E-state index contributed by atoms with van der Waals surface area (Å²) < 4.78 is 10.9. The molecule has 92 valence electrons. The van der Waals surface area contributed by atoms with E-state index in [4.69, 9.17) is 14.7 Å². The van der Waals surface area contributed by atoms with E-state index < -0.39 is 0 Å². The Morgan fingerprint density at radius 1 is 1.50 bits per heavy atom. The Balaban J connectivity index is 1.99. The first-order chi connectivity index (χ1) is 7.86. The van der Waals surface area contributed by atoms with Gasteiger partial charge >= 0.3 is 0 Å². The number of hydrogen-bond acceptors (Lipinski definition) is 4. The normalized spacial score (nSPS) is 19.2. The number of ether oxygens (including phenoxy) is 2. The van der Waals surface area contributed by atoms with Crippen molar-refractivity contribution in [3.8, 4) is 6.07 Å². The molecule has 1 atom stereocenters. The van der Waals surface area contributed by atoms with Crippen molar-refractivity contribution in [3.63, 3.8) is 0 Å². The van der Waals surface area contributed by atoms with Crippen molar-refractivity contribution in [1.29, 1.82) is 5.26 Å². The molecule has 0 aromatic heterocycles. The van der Waals surface area contributed by atoms with E-state index in [9.17, 15) is 0 Å². The second-order valence-corrected chi connectivity index (χ2v) is 4.16. The lowest BCUT2D eigenvalue weighted by Crippen LogP contribution is -2.29. The summed E-state index contributed by atoms with van der Waals surface area (Å²) in [6, 6.07) is 2.16. The van der Waals surface area contributed by atoms with E-state index in [1.54, 1.807) is 0 Å².